The maximum absolute atomic E-state index is 2.50. The maximum Gasteiger partial charge on any atom is 0.0727 e. The number of nitrogens with zero attached hydrogens (tertiary/aromatic N) is 2. The lowest BCUT2D eigenvalue weighted by Gasteiger charge is -2.33. The van der Waals surface area contributed by atoms with Crippen molar-refractivity contribution in [3.63, 3.8) is 0 Å². The van der Waals surface area contributed by atoms with E-state index in [0.717, 1.165) is 34.1 Å². The van der Waals surface area contributed by atoms with Gasteiger partial charge in [0, 0.05) is 54.2 Å². The van der Waals surface area contributed by atoms with Crippen LogP contribution in [0, 0.1) is 0 Å². The summed E-state index contributed by atoms with van der Waals surface area (Å²) in [5, 5.41) is 5.04. The van der Waals surface area contributed by atoms with Crippen LogP contribution in [0.15, 0.2) is 231 Å². The highest BCUT2D eigenvalue weighted by Crippen LogP contribution is 2.65. The lowest BCUT2D eigenvalue weighted by atomic mass is 9.70. The largest absolute Gasteiger partial charge is 0.310 e. The number of anilines is 6. The summed E-state index contributed by atoms with van der Waals surface area (Å²) in [5.74, 6) is 0. The molecule has 1 unspecified atom stereocenters. The molecular formula is C59H38N2S. The summed E-state index contributed by atoms with van der Waals surface area (Å²) in [5.41, 5.74) is 16.6. The van der Waals surface area contributed by atoms with Gasteiger partial charge in [0.1, 0.15) is 0 Å². The van der Waals surface area contributed by atoms with Gasteiger partial charge in [0.05, 0.1) is 11.1 Å². The first kappa shape index (κ1) is 35.1. The molecule has 0 amide bonds. The number of fused-ring (bicyclic) bond motifs is 14. The van der Waals surface area contributed by atoms with E-state index in [-0.39, 0.29) is 0 Å². The van der Waals surface area contributed by atoms with Gasteiger partial charge in [-0.05, 0) is 129 Å². The summed E-state index contributed by atoms with van der Waals surface area (Å²) in [6.45, 7) is 0. The summed E-state index contributed by atoms with van der Waals surface area (Å²) >= 11 is 1.86. The quantitative estimate of drug-likeness (QED) is 0.165. The molecule has 0 radical (unpaired) electrons. The molecule has 0 fully saturated rings. The van der Waals surface area contributed by atoms with Gasteiger partial charge in [-0.3, -0.25) is 0 Å². The zero-order chi connectivity index (χ0) is 40.8. The molecule has 0 saturated heterocycles. The number of hydrogen-bond donors (Lipinski definition) is 0. The molecule has 0 N–H and O–H groups in total. The molecule has 0 aliphatic heterocycles. The van der Waals surface area contributed by atoms with Gasteiger partial charge in [-0.2, -0.15) is 0 Å². The maximum atomic E-state index is 2.50. The van der Waals surface area contributed by atoms with Gasteiger partial charge in [-0.1, -0.05) is 152 Å². The highest BCUT2D eigenvalue weighted by atomic mass is 32.1. The van der Waals surface area contributed by atoms with Crippen LogP contribution in [-0.2, 0) is 5.41 Å². The van der Waals surface area contributed by atoms with Crippen LogP contribution in [0.25, 0.3) is 53.2 Å². The Morgan fingerprint density at radius 2 is 0.871 bits per heavy atom. The minimum absolute atomic E-state index is 0.550. The number of para-hydroxylation sites is 2. The fourth-order valence-electron chi connectivity index (χ4n) is 10.7. The molecule has 10 aromatic carbocycles. The summed E-state index contributed by atoms with van der Waals surface area (Å²) in [7, 11) is 0. The Hall–Kier alpha value is -7.72. The normalized spacial score (nSPS) is 14.5. The van der Waals surface area contributed by atoms with Gasteiger partial charge in [0.25, 0.3) is 0 Å². The molecule has 2 aliphatic rings. The summed E-state index contributed by atoms with van der Waals surface area (Å²) in [4.78, 5) is 4.90. The highest BCUT2D eigenvalue weighted by molar-refractivity contribution is 7.25. The monoisotopic (exact) mass is 806 g/mol. The Morgan fingerprint density at radius 3 is 1.69 bits per heavy atom. The molecule has 290 valence electrons. The van der Waals surface area contributed by atoms with Crippen LogP contribution >= 0.6 is 11.3 Å². The van der Waals surface area contributed by atoms with Crippen molar-refractivity contribution in [3.8, 4) is 22.3 Å². The van der Waals surface area contributed by atoms with Crippen LogP contribution in [0.2, 0.25) is 0 Å². The average Bonchev–Trinajstić information content (AvgIpc) is 3.96. The smallest absolute Gasteiger partial charge is 0.0727 e. The van der Waals surface area contributed by atoms with E-state index in [9.17, 15) is 0 Å². The molecule has 2 nitrogen and oxygen atoms in total. The molecule has 1 aromatic heterocycles. The van der Waals surface area contributed by atoms with E-state index >= 15 is 0 Å². The van der Waals surface area contributed by atoms with Crippen molar-refractivity contribution in [2.45, 2.75) is 5.41 Å². The fraction of sp³-hybridized carbons (Fsp3) is 0.0169. The van der Waals surface area contributed by atoms with Gasteiger partial charge in [0.15, 0.2) is 0 Å². The molecule has 1 spiro atoms. The summed E-state index contributed by atoms with van der Waals surface area (Å²) < 4.78 is 2.61. The van der Waals surface area contributed by atoms with Gasteiger partial charge in [-0.15, -0.1) is 11.3 Å². The first-order chi connectivity index (χ1) is 30.8. The Bertz CT molecular complexity index is 3550. The Morgan fingerprint density at radius 1 is 0.306 bits per heavy atom. The van der Waals surface area contributed by atoms with Crippen molar-refractivity contribution in [2.24, 2.45) is 0 Å². The molecule has 3 heteroatoms. The number of thiophene rings is 1. The Labute approximate surface area is 364 Å². The van der Waals surface area contributed by atoms with Crippen LogP contribution in [0.1, 0.15) is 22.3 Å². The van der Waals surface area contributed by atoms with Gasteiger partial charge >= 0.3 is 0 Å². The highest BCUT2D eigenvalue weighted by Gasteiger charge is 2.52. The molecule has 1 heterocycles. The minimum atomic E-state index is -0.550. The SMILES string of the molecule is c1ccc(N(c2ccc3c(c2)C2(c4ccccc4-3)c3ccccc3-c3c(N(c4ccccc4)c4ccc5ccccc5c4)cccc32)c2ccc3sc4ccccc4c3c2)cc1. The first-order valence-electron chi connectivity index (χ1n) is 21.3. The van der Waals surface area contributed by atoms with Crippen molar-refractivity contribution >= 4 is 76.4 Å². The molecule has 11 aromatic rings. The zero-order valence-electron chi connectivity index (χ0n) is 33.7. The number of rotatable bonds is 6. The molecular weight excluding hydrogens is 769 g/mol. The van der Waals surface area contributed by atoms with E-state index in [1.165, 1.54) is 75.5 Å². The molecule has 2 aliphatic carbocycles. The fourth-order valence-corrected chi connectivity index (χ4v) is 11.8. The van der Waals surface area contributed by atoms with Gasteiger partial charge < -0.3 is 9.80 Å². The second-order valence-electron chi connectivity index (χ2n) is 16.4. The van der Waals surface area contributed by atoms with Crippen molar-refractivity contribution in [1.82, 2.24) is 0 Å². The molecule has 0 saturated carbocycles. The van der Waals surface area contributed by atoms with Crippen molar-refractivity contribution in [3.05, 3.63) is 253 Å². The first-order valence-corrected chi connectivity index (χ1v) is 22.2. The van der Waals surface area contributed by atoms with E-state index in [1.807, 2.05) is 11.3 Å². The lowest BCUT2D eigenvalue weighted by molar-refractivity contribution is 0.793. The topological polar surface area (TPSA) is 6.48 Å². The molecule has 1 atom stereocenters. The molecule has 13 rings (SSSR count). The van der Waals surface area contributed by atoms with E-state index in [2.05, 4.69) is 240 Å². The van der Waals surface area contributed by atoms with Crippen LogP contribution in [-0.4, -0.2) is 0 Å². The third-order valence-corrected chi connectivity index (χ3v) is 14.4. The van der Waals surface area contributed by atoms with E-state index in [0.29, 0.717) is 0 Å². The Kier molecular flexibility index (Phi) is 7.72. The van der Waals surface area contributed by atoms with Crippen LogP contribution in [0.3, 0.4) is 0 Å². The minimum Gasteiger partial charge on any atom is -0.310 e. The standard InChI is InChI=1S/C59H38N2S/c1-3-18-41(19-4-1)60(44-33-35-57-50(37-44)48-23-11-14-29-56(48)62-57)45-32-34-47-46-22-9-12-25-51(46)59(54(47)38-45)52-26-13-10-24-49(52)58-53(59)27-15-28-55(58)61(42-20-5-2-6-21-42)43-31-30-39-16-7-8-17-40(39)36-43/h1-38H. The van der Waals surface area contributed by atoms with Crippen LogP contribution in [0.5, 0.6) is 0 Å². The lowest BCUT2D eigenvalue weighted by Crippen LogP contribution is -2.26. The van der Waals surface area contributed by atoms with Crippen molar-refractivity contribution in [1.29, 1.82) is 0 Å². The van der Waals surface area contributed by atoms with E-state index in [1.54, 1.807) is 0 Å². The second-order valence-corrected chi connectivity index (χ2v) is 17.5. The second kappa shape index (κ2) is 13.7. The van der Waals surface area contributed by atoms with E-state index in [4.69, 9.17) is 0 Å². The van der Waals surface area contributed by atoms with Crippen molar-refractivity contribution < 1.29 is 0 Å². The Balaban J connectivity index is 1.07. The number of benzene rings is 10. The molecule has 62 heavy (non-hydrogen) atoms. The predicted octanol–water partition coefficient (Wildman–Crippen LogP) is 16.5. The number of hydrogen-bond acceptors (Lipinski definition) is 3. The summed E-state index contributed by atoms with van der Waals surface area (Å²) in [6.07, 6.45) is 0. The zero-order valence-corrected chi connectivity index (χ0v) is 34.6. The summed E-state index contributed by atoms with van der Waals surface area (Å²) in [6, 6.07) is 85.4. The predicted molar refractivity (Wildman–Crippen MR) is 263 cm³/mol. The van der Waals surface area contributed by atoms with E-state index < -0.39 is 5.41 Å². The van der Waals surface area contributed by atoms with Crippen LogP contribution in [0.4, 0.5) is 34.1 Å². The average molecular weight is 807 g/mol. The third-order valence-electron chi connectivity index (χ3n) is 13.2. The van der Waals surface area contributed by atoms with Crippen LogP contribution < -0.4 is 9.80 Å². The third kappa shape index (κ3) is 5.03. The van der Waals surface area contributed by atoms with Gasteiger partial charge in [-0.25, -0.2) is 0 Å². The van der Waals surface area contributed by atoms with Crippen molar-refractivity contribution in [2.75, 3.05) is 9.80 Å². The molecule has 0 bridgehead atoms. The van der Waals surface area contributed by atoms with Gasteiger partial charge in [0.2, 0.25) is 0 Å².